The standard InChI is InChI=1S/C18H19N3O4/c1-4-18(2,3)17(22)25-16-11-7-14(8-12-16)20-19-13-5-9-15(10-6-13)21(23)24/h5-12H,4H2,1-3H3/b20-19+. The molecule has 0 aromatic heterocycles. The number of nitro groups is 1. The van der Waals surface area contributed by atoms with E-state index in [1.54, 1.807) is 24.3 Å². The van der Waals surface area contributed by atoms with Crippen LogP contribution in [0, 0.1) is 15.5 Å². The van der Waals surface area contributed by atoms with Crippen molar-refractivity contribution in [2.24, 2.45) is 15.6 Å². The number of hydrogen-bond acceptors (Lipinski definition) is 6. The third-order valence-corrected chi connectivity index (χ3v) is 3.83. The molecule has 130 valence electrons. The number of esters is 1. The molecule has 0 atom stereocenters. The molecule has 25 heavy (non-hydrogen) atoms. The van der Waals surface area contributed by atoms with Gasteiger partial charge in [-0.05, 0) is 56.7 Å². The van der Waals surface area contributed by atoms with Crippen LogP contribution in [0.25, 0.3) is 0 Å². The lowest BCUT2D eigenvalue weighted by molar-refractivity contribution is -0.384. The largest absolute Gasteiger partial charge is 0.426 e. The van der Waals surface area contributed by atoms with Gasteiger partial charge in [-0.1, -0.05) is 6.92 Å². The van der Waals surface area contributed by atoms with E-state index in [9.17, 15) is 14.9 Å². The van der Waals surface area contributed by atoms with Crippen molar-refractivity contribution in [3.05, 3.63) is 58.6 Å². The van der Waals surface area contributed by atoms with E-state index < -0.39 is 10.3 Å². The van der Waals surface area contributed by atoms with Crippen LogP contribution in [-0.2, 0) is 4.79 Å². The van der Waals surface area contributed by atoms with Gasteiger partial charge in [-0.15, -0.1) is 0 Å². The maximum atomic E-state index is 12.0. The lowest BCUT2D eigenvalue weighted by atomic mass is 9.91. The lowest BCUT2D eigenvalue weighted by Gasteiger charge is -2.19. The molecule has 0 aliphatic heterocycles. The van der Waals surface area contributed by atoms with Gasteiger partial charge in [0.1, 0.15) is 5.75 Å². The topological polar surface area (TPSA) is 94.2 Å². The highest BCUT2D eigenvalue weighted by Gasteiger charge is 2.27. The molecule has 2 rings (SSSR count). The molecule has 0 unspecified atom stereocenters. The Morgan fingerprint density at radius 1 is 1.04 bits per heavy atom. The fourth-order valence-electron chi connectivity index (χ4n) is 1.73. The molecule has 0 radical (unpaired) electrons. The Morgan fingerprint density at radius 3 is 1.96 bits per heavy atom. The number of ether oxygens (including phenoxy) is 1. The van der Waals surface area contributed by atoms with E-state index in [4.69, 9.17) is 4.74 Å². The molecule has 0 aliphatic carbocycles. The van der Waals surface area contributed by atoms with E-state index in [0.29, 0.717) is 23.5 Å². The second kappa shape index (κ2) is 7.65. The zero-order valence-corrected chi connectivity index (χ0v) is 14.3. The lowest BCUT2D eigenvalue weighted by Crippen LogP contribution is -2.28. The normalized spacial score (nSPS) is 11.5. The van der Waals surface area contributed by atoms with E-state index in [2.05, 4.69) is 10.2 Å². The summed E-state index contributed by atoms with van der Waals surface area (Å²) in [4.78, 5) is 22.1. The van der Waals surface area contributed by atoms with Crippen molar-refractivity contribution in [2.75, 3.05) is 0 Å². The van der Waals surface area contributed by atoms with Crippen LogP contribution in [0.5, 0.6) is 5.75 Å². The minimum Gasteiger partial charge on any atom is -0.426 e. The molecular formula is C18H19N3O4. The molecule has 0 heterocycles. The number of azo groups is 1. The summed E-state index contributed by atoms with van der Waals surface area (Å²) in [5.74, 6) is 0.163. The monoisotopic (exact) mass is 341 g/mol. The Morgan fingerprint density at radius 2 is 1.52 bits per heavy atom. The Kier molecular flexibility index (Phi) is 5.59. The smallest absolute Gasteiger partial charge is 0.316 e. The van der Waals surface area contributed by atoms with Gasteiger partial charge >= 0.3 is 5.97 Å². The van der Waals surface area contributed by atoms with Gasteiger partial charge in [-0.3, -0.25) is 14.9 Å². The highest BCUT2D eigenvalue weighted by atomic mass is 16.6. The Bertz CT molecular complexity index is 781. The quantitative estimate of drug-likeness (QED) is 0.232. The summed E-state index contributed by atoms with van der Waals surface area (Å²) in [5.41, 5.74) is 0.549. The average Bonchev–Trinajstić information content (AvgIpc) is 2.61. The zero-order valence-electron chi connectivity index (χ0n) is 14.3. The van der Waals surface area contributed by atoms with Crippen molar-refractivity contribution in [1.29, 1.82) is 0 Å². The minimum absolute atomic E-state index is 0.000113. The average molecular weight is 341 g/mol. The van der Waals surface area contributed by atoms with E-state index in [1.165, 1.54) is 24.3 Å². The van der Waals surface area contributed by atoms with Gasteiger partial charge in [0.15, 0.2) is 0 Å². The number of nitrogens with zero attached hydrogens (tertiary/aromatic N) is 3. The minimum atomic E-state index is -0.533. The summed E-state index contributed by atoms with van der Waals surface area (Å²) in [5, 5.41) is 18.7. The number of hydrogen-bond donors (Lipinski definition) is 0. The van der Waals surface area contributed by atoms with Crippen LogP contribution in [0.1, 0.15) is 27.2 Å². The summed E-state index contributed by atoms with van der Waals surface area (Å²) in [6, 6.07) is 12.4. The number of carbonyl (C=O) groups is 1. The summed E-state index contributed by atoms with van der Waals surface area (Å²) in [7, 11) is 0. The van der Waals surface area contributed by atoms with Crippen LogP contribution >= 0.6 is 0 Å². The van der Waals surface area contributed by atoms with E-state index in [1.807, 2.05) is 20.8 Å². The first kappa shape index (κ1) is 18.3. The molecule has 0 saturated heterocycles. The van der Waals surface area contributed by atoms with Gasteiger partial charge in [0.2, 0.25) is 0 Å². The maximum absolute atomic E-state index is 12.0. The van der Waals surface area contributed by atoms with Gasteiger partial charge in [0.05, 0.1) is 21.7 Å². The molecular weight excluding hydrogens is 322 g/mol. The zero-order chi connectivity index (χ0) is 18.4. The number of rotatable bonds is 6. The van der Waals surface area contributed by atoms with E-state index >= 15 is 0 Å². The van der Waals surface area contributed by atoms with Crippen molar-refractivity contribution >= 4 is 23.0 Å². The van der Waals surface area contributed by atoms with Gasteiger partial charge in [-0.25, -0.2) is 0 Å². The second-order valence-corrected chi connectivity index (χ2v) is 6.09. The third-order valence-electron chi connectivity index (χ3n) is 3.83. The number of benzene rings is 2. The van der Waals surface area contributed by atoms with Crippen LogP contribution in [0.3, 0.4) is 0 Å². The molecule has 2 aromatic carbocycles. The first-order valence-corrected chi connectivity index (χ1v) is 7.80. The van der Waals surface area contributed by atoms with Crippen molar-refractivity contribution in [3.8, 4) is 5.75 Å². The maximum Gasteiger partial charge on any atom is 0.316 e. The molecule has 0 amide bonds. The number of carbonyl (C=O) groups excluding carboxylic acids is 1. The molecule has 0 bridgehead atoms. The van der Waals surface area contributed by atoms with Gasteiger partial charge in [0.25, 0.3) is 5.69 Å². The first-order chi connectivity index (χ1) is 11.8. The van der Waals surface area contributed by atoms with Crippen LogP contribution in [0.2, 0.25) is 0 Å². The first-order valence-electron chi connectivity index (χ1n) is 7.80. The Labute approximate surface area is 145 Å². The molecule has 0 N–H and O–H groups in total. The van der Waals surface area contributed by atoms with Crippen LogP contribution in [0.15, 0.2) is 58.8 Å². The Hall–Kier alpha value is -3.09. The summed E-state index contributed by atoms with van der Waals surface area (Å²) < 4.78 is 5.35. The summed E-state index contributed by atoms with van der Waals surface area (Å²) in [6.07, 6.45) is 0.688. The fourth-order valence-corrected chi connectivity index (χ4v) is 1.73. The number of non-ortho nitro benzene ring substituents is 1. The summed E-state index contributed by atoms with van der Waals surface area (Å²) in [6.45, 7) is 5.60. The molecule has 0 aliphatic rings. The van der Waals surface area contributed by atoms with Crippen LogP contribution < -0.4 is 4.74 Å². The van der Waals surface area contributed by atoms with E-state index in [-0.39, 0.29) is 11.7 Å². The van der Waals surface area contributed by atoms with Crippen LogP contribution in [-0.4, -0.2) is 10.9 Å². The molecule has 2 aromatic rings. The Balaban J connectivity index is 2.02. The van der Waals surface area contributed by atoms with Gasteiger partial charge < -0.3 is 4.74 Å². The van der Waals surface area contributed by atoms with E-state index in [0.717, 1.165) is 0 Å². The predicted molar refractivity (Wildman–Crippen MR) is 93.4 cm³/mol. The molecule has 0 fully saturated rings. The highest BCUT2D eigenvalue weighted by molar-refractivity contribution is 5.78. The third kappa shape index (κ3) is 4.94. The van der Waals surface area contributed by atoms with Crippen molar-refractivity contribution < 1.29 is 14.5 Å². The molecule has 0 spiro atoms. The summed E-state index contributed by atoms with van der Waals surface area (Å²) >= 11 is 0. The van der Waals surface area contributed by atoms with Crippen molar-refractivity contribution in [1.82, 2.24) is 0 Å². The van der Waals surface area contributed by atoms with Crippen molar-refractivity contribution in [3.63, 3.8) is 0 Å². The van der Waals surface area contributed by atoms with Gasteiger partial charge in [-0.2, -0.15) is 10.2 Å². The fraction of sp³-hybridized carbons (Fsp3) is 0.278. The predicted octanol–water partition coefficient (Wildman–Crippen LogP) is 5.35. The second-order valence-electron chi connectivity index (χ2n) is 6.09. The van der Waals surface area contributed by atoms with Crippen LogP contribution in [0.4, 0.5) is 17.1 Å². The van der Waals surface area contributed by atoms with Gasteiger partial charge in [0, 0.05) is 12.1 Å². The van der Waals surface area contributed by atoms with Crippen molar-refractivity contribution in [2.45, 2.75) is 27.2 Å². The molecule has 7 heteroatoms. The number of nitro benzene ring substituents is 1. The SMILES string of the molecule is CCC(C)(C)C(=O)Oc1ccc(/N=N/c2ccc([N+](=O)[O-])cc2)cc1. The molecule has 0 saturated carbocycles. The molecule has 7 nitrogen and oxygen atoms in total. The highest BCUT2D eigenvalue weighted by Crippen LogP contribution is 2.26.